The van der Waals surface area contributed by atoms with Crippen molar-refractivity contribution in [3.05, 3.63) is 57.8 Å². The Morgan fingerprint density at radius 2 is 2.06 bits per heavy atom. The molecule has 0 aliphatic carbocycles. The zero-order chi connectivity index (χ0) is 13.0. The Labute approximate surface area is 114 Å². The van der Waals surface area contributed by atoms with E-state index in [1.54, 1.807) is 0 Å². The summed E-state index contributed by atoms with van der Waals surface area (Å²) in [5.74, 6) is 0. The zero-order valence-corrected chi connectivity index (χ0v) is 12.1. The van der Waals surface area contributed by atoms with Gasteiger partial charge in [0.2, 0.25) is 0 Å². The van der Waals surface area contributed by atoms with Crippen molar-refractivity contribution in [3.63, 3.8) is 0 Å². The summed E-state index contributed by atoms with van der Waals surface area (Å²) in [4.78, 5) is 1.43. The van der Waals surface area contributed by atoms with Gasteiger partial charge in [-0.25, -0.2) is 0 Å². The van der Waals surface area contributed by atoms with E-state index in [2.05, 4.69) is 67.9 Å². The van der Waals surface area contributed by atoms with Crippen LogP contribution in [-0.4, -0.2) is 0 Å². The van der Waals surface area contributed by atoms with Gasteiger partial charge in [-0.1, -0.05) is 42.8 Å². The number of hydrogen-bond acceptors (Lipinski definition) is 2. The lowest BCUT2D eigenvalue weighted by Gasteiger charge is -2.22. The van der Waals surface area contributed by atoms with Crippen LogP contribution in [0.25, 0.3) is 0 Å². The SMILES string of the molecule is CCC(NC(C)c1cccc(C)c1)c1cccs1. The van der Waals surface area contributed by atoms with Crippen LogP contribution in [-0.2, 0) is 0 Å². The first-order chi connectivity index (χ1) is 8.70. The van der Waals surface area contributed by atoms with Crippen molar-refractivity contribution >= 4 is 11.3 Å². The lowest BCUT2D eigenvalue weighted by molar-refractivity contribution is 0.462. The number of aryl methyl sites for hydroxylation is 1. The van der Waals surface area contributed by atoms with E-state index in [0.717, 1.165) is 6.42 Å². The Morgan fingerprint density at radius 3 is 2.67 bits per heavy atom. The Kier molecular flexibility index (Phi) is 4.56. The van der Waals surface area contributed by atoms with Gasteiger partial charge in [-0.15, -0.1) is 11.3 Å². The Bertz CT molecular complexity index is 476. The molecule has 1 N–H and O–H groups in total. The van der Waals surface area contributed by atoms with E-state index >= 15 is 0 Å². The highest BCUT2D eigenvalue weighted by atomic mass is 32.1. The standard InChI is InChI=1S/C16H21NS/c1-4-15(16-9-6-10-18-16)17-13(3)14-8-5-7-12(2)11-14/h5-11,13,15,17H,4H2,1-3H3. The molecule has 0 fully saturated rings. The third-order valence-electron chi connectivity index (χ3n) is 3.29. The average molecular weight is 259 g/mol. The molecule has 0 bridgehead atoms. The van der Waals surface area contributed by atoms with Crippen LogP contribution < -0.4 is 5.32 Å². The van der Waals surface area contributed by atoms with E-state index in [1.807, 2.05) is 11.3 Å². The Hall–Kier alpha value is -1.12. The Balaban J connectivity index is 2.08. The molecular weight excluding hydrogens is 238 g/mol. The second-order valence-corrected chi connectivity index (χ2v) is 5.76. The molecule has 0 radical (unpaired) electrons. The number of benzene rings is 1. The van der Waals surface area contributed by atoms with Crippen LogP contribution in [0.15, 0.2) is 41.8 Å². The molecule has 0 aliphatic heterocycles. The monoisotopic (exact) mass is 259 g/mol. The number of thiophene rings is 1. The van der Waals surface area contributed by atoms with Crippen molar-refractivity contribution in [3.8, 4) is 0 Å². The fourth-order valence-electron chi connectivity index (χ4n) is 2.23. The predicted molar refractivity (Wildman–Crippen MR) is 80.1 cm³/mol. The van der Waals surface area contributed by atoms with Crippen molar-refractivity contribution in [1.82, 2.24) is 5.32 Å². The number of nitrogens with one attached hydrogen (secondary N) is 1. The van der Waals surface area contributed by atoms with Gasteiger partial charge in [-0.05, 0) is 37.3 Å². The maximum atomic E-state index is 3.72. The number of hydrogen-bond donors (Lipinski definition) is 1. The summed E-state index contributed by atoms with van der Waals surface area (Å²) in [7, 11) is 0. The van der Waals surface area contributed by atoms with Crippen LogP contribution >= 0.6 is 11.3 Å². The van der Waals surface area contributed by atoms with E-state index < -0.39 is 0 Å². The molecule has 0 saturated heterocycles. The third-order valence-corrected chi connectivity index (χ3v) is 4.27. The van der Waals surface area contributed by atoms with Crippen LogP contribution in [0.5, 0.6) is 0 Å². The zero-order valence-electron chi connectivity index (χ0n) is 11.3. The molecule has 2 unspecified atom stereocenters. The van der Waals surface area contributed by atoms with Crippen LogP contribution in [0.3, 0.4) is 0 Å². The molecule has 1 aromatic heterocycles. The van der Waals surface area contributed by atoms with Crippen molar-refractivity contribution in [1.29, 1.82) is 0 Å². The molecule has 1 heterocycles. The van der Waals surface area contributed by atoms with E-state index in [9.17, 15) is 0 Å². The summed E-state index contributed by atoms with van der Waals surface area (Å²) in [5.41, 5.74) is 2.69. The molecular formula is C16H21NS. The largest absolute Gasteiger partial charge is 0.303 e. The number of rotatable bonds is 5. The summed E-state index contributed by atoms with van der Waals surface area (Å²) in [6, 6.07) is 13.9. The molecule has 0 spiro atoms. The summed E-state index contributed by atoms with van der Waals surface area (Å²) in [6.45, 7) is 6.62. The van der Waals surface area contributed by atoms with Crippen LogP contribution in [0.4, 0.5) is 0 Å². The van der Waals surface area contributed by atoms with Crippen LogP contribution in [0.2, 0.25) is 0 Å². The van der Waals surface area contributed by atoms with Gasteiger partial charge in [0.15, 0.2) is 0 Å². The van der Waals surface area contributed by atoms with Crippen molar-refractivity contribution < 1.29 is 0 Å². The lowest BCUT2D eigenvalue weighted by atomic mass is 10.0. The maximum Gasteiger partial charge on any atom is 0.0416 e. The molecule has 2 aromatic rings. The summed E-state index contributed by atoms with van der Waals surface area (Å²) < 4.78 is 0. The fraction of sp³-hybridized carbons (Fsp3) is 0.375. The second kappa shape index (κ2) is 6.17. The highest BCUT2D eigenvalue weighted by Gasteiger charge is 2.14. The molecule has 1 aromatic carbocycles. The van der Waals surface area contributed by atoms with E-state index in [-0.39, 0.29) is 0 Å². The quantitative estimate of drug-likeness (QED) is 0.808. The van der Waals surface area contributed by atoms with Gasteiger partial charge >= 0.3 is 0 Å². The fourth-order valence-corrected chi connectivity index (χ4v) is 3.10. The third kappa shape index (κ3) is 3.21. The van der Waals surface area contributed by atoms with Crippen LogP contribution in [0, 0.1) is 6.92 Å². The smallest absolute Gasteiger partial charge is 0.0416 e. The minimum Gasteiger partial charge on any atom is -0.303 e. The Morgan fingerprint density at radius 1 is 1.22 bits per heavy atom. The highest BCUT2D eigenvalue weighted by Crippen LogP contribution is 2.25. The van der Waals surface area contributed by atoms with Gasteiger partial charge in [-0.2, -0.15) is 0 Å². The first-order valence-corrected chi connectivity index (χ1v) is 7.44. The molecule has 1 nitrogen and oxygen atoms in total. The van der Waals surface area contributed by atoms with Gasteiger partial charge in [0.1, 0.15) is 0 Å². The van der Waals surface area contributed by atoms with E-state index in [0.29, 0.717) is 12.1 Å². The van der Waals surface area contributed by atoms with E-state index in [1.165, 1.54) is 16.0 Å². The molecule has 18 heavy (non-hydrogen) atoms. The summed E-state index contributed by atoms with van der Waals surface area (Å²) in [6.07, 6.45) is 1.12. The van der Waals surface area contributed by atoms with Crippen molar-refractivity contribution in [2.24, 2.45) is 0 Å². The highest BCUT2D eigenvalue weighted by molar-refractivity contribution is 7.10. The predicted octanol–water partition coefficient (Wildman–Crippen LogP) is 4.86. The second-order valence-electron chi connectivity index (χ2n) is 4.78. The van der Waals surface area contributed by atoms with E-state index in [4.69, 9.17) is 0 Å². The summed E-state index contributed by atoms with van der Waals surface area (Å²) >= 11 is 1.83. The minimum atomic E-state index is 0.386. The molecule has 0 saturated carbocycles. The van der Waals surface area contributed by atoms with Gasteiger partial charge in [0.05, 0.1) is 0 Å². The van der Waals surface area contributed by atoms with Gasteiger partial charge in [-0.3, -0.25) is 0 Å². The van der Waals surface area contributed by atoms with Gasteiger partial charge < -0.3 is 5.32 Å². The average Bonchev–Trinajstić information content (AvgIpc) is 2.89. The van der Waals surface area contributed by atoms with Crippen molar-refractivity contribution in [2.45, 2.75) is 39.3 Å². The van der Waals surface area contributed by atoms with Crippen molar-refractivity contribution in [2.75, 3.05) is 0 Å². The molecule has 2 rings (SSSR count). The molecule has 0 aliphatic rings. The maximum absolute atomic E-state index is 3.72. The lowest BCUT2D eigenvalue weighted by Crippen LogP contribution is -2.23. The topological polar surface area (TPSA) is 12.0 Å². The first kappa shape index (κ1) is 13.3. The molecule has 0 amide bonds. The van der Waals surface area contributed by atoms with Gasteiger partial charge in [0.25, 0.3) is 0 Å². The first-order valence-electron chi connectivity index (χ1n) is 6.56. The van der Waals surface area contributed by atoms with Gasteiger partial charge in [0, 0.05) is 17.0 Å². The normalized spacial score (nSPS) is 14.4. The molecule has 96 valence electrons. The minimum absolute atomic E-state index is 0.386. The molecule has 2 heteroatoms. The molecule has 2 atom stereocenters. The summed E-state index contributed by atoms with van der Waals surface area (Å²) in [5, 5.41) is 5.87. The van der Waals surface area contributed by atoms with Crippen LogP contribution in [0.1, 0.15) is 48.4 Å².